The van der Waals surface area contributed by atoms with Crippen molar-refractivity contribution in [3.8, 4) is 0 Å². The minimum atomic E-state index is -4.41. The van der Waals surface area contributed by atoms with Gasteiger partial charge in [0.25, 0.3) is 0 Å². The molecule has 2 aliphatic heterocycles. The Labute approximate surface area is 232 Å². The summed E-state index contributed by atoms with van der Waals surface area (Å²) in [5.74, 6) is 0.902. The summed E-state index contributed by atoms with van der Waals surface area (Å²) in [6, 6.07) is 11.3. The number of piperazine rings is 1. The predicted molar refractivity (Wildman–Crippen MR) is 146 cm³/mol. The summed E-state index contributed by atoms with van der Waals surface area (Å²) >= 11 is 0. The zero-order valence-electron chi connectivity index (χ0n) is 22.4. The van der Waals surface area contributed by atoms with E-state index in [1.54, 1.807) is 30.9 Å². The Morgan fingerprint density at radius 2 is 1.73 bits per heavy atom. The molecule has 1 amide bonds. The van der Waals surface area contributed by atoms with Gasteiger partial charge in [0.15, 0.2) is 0 Å². The second-order valence-corrected chi connectivity index (χ2v) is 10.5. The van der Waals surface area contributed by atoms with E-state index in [1.165, 1.54) is 12.1 Å². The number of nitrogens with zero attached hydrogens (tertiary/aromatic N) is 6. The molecule has 212 valence electrons. The van der Waals surface area contributed by atoms with Crippen LogP contribution in [-0.2, 0) is 22.9 Å². The molecule has 5 rings (SSSR count). The molecule has 0 unspecified atom stereocenters. The lowest BCUT2D eigenvalue weighted by molar-refractivity contribution is -0.137. The number of alkyl halides is 3. The number of aromatic nitrogens is 3. The van der Waals surface area contributed by atoms with E-state index in [-0.39, 0.29) is 5.91 Å². The van der Waals surface area contributed by atoms with Gasteiger partial charge in [-0.05, 0) is 36.6 Å². The van der Waals surface area contributed by atoms with Gasteiger partial charge in [-0.1, -0.05) is 24.3 Å². The lowest BCUT2D eigenvalue weighted by atomic mass is 9.72. The molecule has 40 heavy (non-hydrogen) atoms. The van der Waals surface area contributed by atoms with Crippen LogP contribution >= 0.6 is 0 Å². The first-order valence-electron chi connectivity index (χ1n) is 13.6. The Kier molecular flexibility index (Phi) is 8.60. The molecule has 0 spiro atoms. The molecular weight excluding hydrogens is 519 g/mol. The number of halogens is 3. The molecule has 0 aliphatic carbocycles. The summed E-state index contributed by atoms with van der Waals surface area (Å²) in [5.41, 5.74) is 0.361. The van der Waals surface area contributed by atoms with Crippen LogP contribution in [0.3, 0.4) is 0 Å². The van der Waals surface area contributed by atoms with Crippen molar-refractivity contribution in [3.05, 3.63) is 84.1 Å². The fourth-order valence-electron chi connectivity index (χ4n) is 5.59. The van der Waals surface area contributed by atoms with Crippen LogP contribution in [0.4, 0.5) is 19.0 Å². The summed E-state index contributed by atoms with van der Waals surface area (Å²) in [4.78, 5) is 32.2. The Balaban J connectivity index is 1.21. The number of nitrogens with one attached hydrogen (secondary N) is 1. The quantitative estimate of drug-likeness (QED) is 0.459. The number of hydrogen-bond donors (Lipinski definition) is 1. The molecule has 3 aromatic rings. The van der Waals surface area contributed by atoms with E-state index in [2.05, 4.69) is 30.1 Å². The van der Waals surface area contributed by atoms with Crippen molar-refractivity contribution in [1.82, 2.24) is 30.1 Å². The maximum atomic E-state index is 13.6. The first-order valence-corrected chi connectivity index (χ1v) is 13.6. The van der Waals surface area contributed by atoms with Gasteiger partial charge in [0.2, 0.25) is 5.91 Å². The molecule has 1 aromatic carbocycles. The molecule has 2 aromatic heterocycles. The highest BCUT2D eigenvalue weighted by Crippen LogP contribution is 2.38. The molecule has 0 bridgehead atoms. The third-order valence-corrected chi connectivity index (χ3v) is 7.98. The van der Waals surface area contributed by atoms with Crippen molar-refractivity contribution in [1.29, 1.82) is 0 Å². The van der Waals surface area contributed by atoms with E-state index in [1.807, 2.05) is 23.1 Å². The van der Waals surface area contributed by atoms with Crippen LogP contribution in [0.25, 0.3) is 0 Å². The topological polar surface area (TPSA) is 77.5 Å². The maximum absolute atomic E-state index is 13.6. The molecule has 2 saturated heterocycles. The summed E-state index contributed by atoms with van der Waals surface area (Å²) in [5, 5.41) is 3.43. The van der Waals surface area contributed by atoms with Gasteiger partial charge in [-0.25, -0.2) is 4.98 Å². The molecule has 8 nitrogen and oxygen atoms in total. The van der Waals surface area contributed by atoms with E-state index < -0.39 is 17.2 Å². The van der Waals surface area contributed by atoms with Crippen LogP contribution in [0.5, 0.6) is 0 Å². The van der Waals surface area contributed by atoms with E-state index in [0.29, 0.717) is 51.1 Å². The smallest absolute Gasteiger partial charge is 0.353 e. The van der Waals surface area contributed by atoms with Crippen molar-refractivity contribution in [3.63, 3.8) is 0 Å². The highest BCUT2D eigenvalue weighted by molar-refractivity contribution is 5.78. The molecule has 11 heteroatoms. The molecule has 2 aliphatic rings. The van der Waals surface area contributed by atoms with Gasteiger partial charge in [0.05, 0.1) is 24.0 Å². The number of rotatable bonds is 8. The number of likely N-dealkylation sites (tertiary alicyclic amines) is 1. The number of amides is 1. The lowest BCUT2D eigenvalue weighted by Crippen LogP contribution is -2.53. The van der Waals surface area contributed by atoms with Crippen molar-refractivity contribution < 1.29 is 18.0 Å². The zero-order chi connectivity index (χ0) is 28.0. The second kappa shape index (κ2) is 12.3. The average molecular weight is 554 g/mol. The molecule has 4 heterocycles. The van der Waals surface area contributed by atoms with Gasteiger partial charge in [-0.3, -0.25) is 19.7 Å². The summed E-state index contributed by atoms with van der Waals surface area (Å²) < 4.78 is 40.7. The molecule has 1 N–H and O–H groups in total. The number of piperidine rings is 1. The summed E-state index contributed by atoms with van der Waals surface area (Å²) in [6.07, 6.45) is 3.54. The number of benzene rings is 1. The number of pyridine rings is 1. The minimum Gasteiger partial charge on any atom is -0.353 e. The molecular formula is C29H34F3N7O. The highest BCUT2D eigenvalue weighted by atomic mass is 19.4. The standard InChI is InChI=1S/C29H34F3N7O/c30-29(31,32)24-5-3-4-23(18-24)28(22-34-19-25-6-1-2-9-35-25)7-12-39(13-8-28)27(40)21-37-14-16-38(17-15-37)26-20-33-10-11-36-26/h1-6,9-11,18,20,34H,7-8,12-17,19,21-22H2. The van der Waals surface area contributed by atoms with E-state index in [0.717, 1.165) is 43.8 Å². The van der Waals surface area contributed by atoms with Gasteiger partial charge >= 0.3 is 6.18 Å². The fourth-order valence-corrected chi connectivity index (χ4v) is 5.59. The van der Waals surface area contributed by atoms with Crippen LogP contribution in [0.1, 0.15) is 29.7 Å². The zero-order valence-corrected chi connectivity index (χ0v) is 22.4. The maximum Gasteiger partial charge on any atom is 0.416 e. The van der Waals surface area contributed by atoms with E-state index in [4.69, 9.17) is 0 Å². The number of carbonyl (C=O) groups is 1. The Hall–Kier alpha value is -3.57. The SMILES string of the molecule is O=C(CN1CCN(c2cnccn2)CC1)N1CCC(CNCc2ccccn2)(c2cccc(C(F)(F)F)c2)CC1. The van der Waals surface area contributed by atoms with Gasteiger partial charge in [0.1, 0.15) is 5.82 Å². The lowest BCUT2D eigenvalue weighted by Gasteiger charge is -2.43. The highest BCUT2D eigenvalue weighted by Gasteiger charge is 2.39. The fraction of sp³-hybridized carbons (Fsp3) is 0.448. The second-order valence-electron chi connectivity index (χ2n) is 10.5. The number of hydrogen-bond acceptors (Lipinski definition) is 7. The monoisotopic (exact) mass is 553 g/mol. The first-order chi connectivity index (χ1) is 19.3. The molecule has 0 atom stereocenters. The normalized spacial score (nSPS) is 18.1. The average Bonchev–Trinajstić information content (AvgIpc) is 2.98. The van der Waals surface area contributed by atoms with Crippen LogP contribution < -0.4 is 10.2 Å². The van der Waals surface area contributed by atoms with Gasteiger partial charge in [-0.2, -0.15) is 13.2 Å². The third kappa shape index (κ3) is 6.76. The third-order valence-electron chi connectivity index (χ3n) is 7.98. The van der Waals surface area contributed by atoms with Crippen LogP contribution in [0, 0.1) is 0 Å². The van der Waals surface area contributed by atoms with Crippen molar-refractivity contribution in [2.24, 2.45) is 0 Å². The molecule has 0 saturated carbocycles. The molecule has 0 radical (unpaired) electrons. The summed E-state index contributed by atoms with van der Waals surface area (Å²) in [7, 11) is 0. The van der Waals surface area contributed by atoms with E-state index >= 15 is 0 Å². The van der Waals surface area contributed by atoms with Gasteiger partial charge in [0, 0.05) is 76.4 Å². The van der Waals surface area contributed by atoms with E-state index in [9.17, 15) is 18.0 Å². The summed E-state index contributed by atoms with van der Waals surface area (Å²) in [6.45, 7) is 5.40. The van der Waals surface area contributed by atoms with Crippen LogP contribution in [-0.4, -0.2) is 83.0 Å². The van der Waals surface area contributed by atoms with Crippen molar-refractivity contribution in [2.45, 2.75) is 31.0 Å². The Morgan fingerprint density at radius 1 is 0.925 bits per heavy atom. The van der Waals surface area contributed by atoms with Crippen molar-refractivity contribution in [2.75, 3.05) is 57.3 Å². The van der Waals surface area contributed by atoms with Gasteiger partial charge in [-0.15, -0.1) is 0 Å². The van der Waals surface area contributed by atoms with Crippen LogP contribution in [0.15, 0.2) is 67.3 Å². The minimum absolute atomic E-state index is 0.0621. The number of carbonyl (C=O) groups excluding carboxylic acids is 1. The Morgan fingerprint density at radius 3 is 2.40 bits per heavy atom. The largest absolute Gasteiger partial charge is 0.416 e. The molecule has 2 fully saturated rings. The first kappa shape index (κ1) is 28.0. The van der Waals surface area contributed by atoms with Gasteiger partial charge < -0.3 is 15.1 Å². The number of anilines is 1. The Bertz CT molecular complexity index is 1240. The van der Waals surface area contributed by atoms with Crippen molar-refractivity contribution >= 4 is 11.7 Å². The predicted octanol–water partition coefficient (Wildman–Crippen LogP) is 3.36. The van der Waals surface area contributed by atoms with Crippen LogP contribution in [0.2, 0.25) is 0 Å².